The lowest BCUT2D eigenvalue weighted by Gasteiger charge is -2.12. The Labute approximate surface area is 122 Å². The number of hydrogen-bond donors (Lipinski definition) is 1. The van der Waals surface area contributed by atoms with Gasteiger partial charge in [-0.2, -0.15) is 0 Å². The van der Waals surface area contributed by atoms with E-state index in [1.165, 1.54) is 12.1 Å². The Balaban J connectivity index is 2.10. The fourth-order valence-electron chi connectivity index (χ4n) is 1.85. The molecule has 0 radical (unpaired) electrons. The molecule has 0 saturated carbocycles. The van der Waals surface area contributed by atoms with E-state index in [1.54, 1.807) is 26.4 Å². The van der Waals surface area contributed by atoms with Crippen molar-refractivity contribution in [3.8, 4) is 17.2 Å². The zero-order chi connectivity index (χ0) is 15.2. The molecule has 2 rings (SSSR count). The molecule has 5 heteroatoms. The van der Waals surface area contributed by atoms with Gasteiger partial charge in [-0.25, -0.2) is 4.79 Å². The summed E-state index contributed by atoms with van der Waals surface area (Å²) in [6, 6.07) is 11.7. The molecule has 0 fully saturated rings. The summed E-state index contributed by atoms with van der Waals surface area (Å²) >= 11 is 0. The molecule has 0 unspecified atom stereocenters. The smallest absolute Gasteiger partial charge is 0.335 e. The average molecular weight is 288 g/mol. The highest BCUT2D eigenvalue weighted by molar-refractivity contribution is 5.87. The number of carbonyl (C=O) groups is 1. The van der Waals surface area contributed by atoms with Gasteiger partial charge in [0.15, 0.2) is 0 Å². The van der Waals surface area contributed by atoms with Crippen molar-refractivity contribution >= 4 is 5.97 Å². The summed E-state index contributed by atoms with van der Waals surface area (Å²) in [6.45, 7) is 0.298. The summed E-state index contributed by atoms with van der Waals surface area (Å²) in [4.78, 5) is 10.8. The molecule has 0 atom stereocenters. The lowest BCUT2D eigenvalue weighted by Crippen LogP contribution is -2.00. The fraction of sp³-hybridized carbons (Fsp3) is 0.188. The van der Waals surface area contributed by atoms with Crippen LogP contribution in [0, 0.1) is 0 Å². The number of aromatic carboxylic acids is 1. The molecule has 0 spiro atoms. The Hall–Kier alpha value is -2.69. The summed E-state index contributed by atoms with van der Waals surface area (Å²) in [5, 5.41) is 8.84. The summed E-state index contributed by atoms with van der Waals surface area (Å²) in [5.41, 5.74) is 1.07. The van der Waals surface area contributed by atoms with E-state index in [-0.39, 0.29) is 5.56 Å². The Morgan fingerprint density at radius 2 is 1.67 bits per heavy atom. The lowest BCUT2D eigenvalue weighted by atomic mass is 10.2. The van der Waals surface area contributed by atoms with E-state index in [4.69, 9.17) is 19.3 Å². The highest BCUT2D eigenvalue weighted by Gasteiger charge is 2.07. The van der Waals surface area contributed by atoms with E-state index >= 15 is 0 Å². The molecular formula is C16H16O5. The molecule has 0 aliphatic carbocycles. The molecule has 2 aromatic rings. The Kier molecular flexibility index (Phi) is 4.66. The van der Waals surface area contributed by atoms with Gasteiger partial charge in [0.2, 0.25) is 0 Å². The molecule has 0 heterocycles. The first-order valence-corrected chi connectivity index (χ1v) is 6.31. The fourth-order valence-corrected chi connectivity index (χ4v) is 1.85. The van der Waals surface area contributed by atoms with Crippen LogP contribution in [0.3, 0.4) is 0 Å². The maximum absolute atomic E-state index is 10.8. The van der Waals surface area contributed by atoms with Crippen molar-refractivity contribution in [3.05, 3.63) is 53.6 Å². The van der Waals surface area contributed by atoms with Gasteiger partial charge < -0.3 is 19.3 Å². The first kappa shape index (κ1) is 14.7. The number of methoxy groups -OCH3 is 2. The van der Waals surface area contributed by atoms with Crippen LogP contribution in [-0.4, -0.2) is 25.3 Å². The van der Waals surface area contributed by atoms with Crippen molar-refractivity contribution in [2.24, 2.45) is 0 Å². The van der Waals surface area contributed by atoms with Crippen LogP contribution in [0.1, 0.15) is 15.9 Å². The number of benzene rings is 2. The van der Waals surface area contributed by atoms with Gasteiger partial charge in [0.1, 0.15) is 23.9 Å². The lowest BCUT2D eigenvalue weighted by molar-refractivity contribution is 0.0697. The van der Waals surface area contributed by atoms with E-state index in [1.807, 2.05) is 18.2 Å². The van der Waals surface area contributed by atoms with E-state index in [0.717, 1.165) is 11.3 Å². The second-order valence-corrected chi connectivity index (χ2v) is 4.30. The van der Waals surface area contributed by atoms with Crippen molar-refractivity contribution in [1.29, 1.82) is 0 Å². The number of ether oxygens (including phenoxy) is 3. The number of carboxylic acid groups (broad SMARTS) is 1. The molecule has 0 saturated heterocycles. The van der Waals surface area contributed by atoms with Crippen molar-refractivity contribution < 1.29 is 24.1 Å². The van der Waals surface area contributed by atoms with Gasteiger partial charge in [0.25, 0.3) is 0 Å². The third-order valence-electron chi connectivity index (χ3n) is 2.98. The summed E-state index contributed by atoms with van der Waals surface area (Å²) in [5.74, 6) is 1.05. The summed E-state index contributed by atoms with van der Waals surface area (Å²) < 4.78 is 16.1. The third-order valence-corrected chi connectivity index (χ3v) is 2.98. The van der Waals surface area contributed by atoms with Gasteiger partial charge >= 0.3 is 5.97 Å². The van der Waals surface area contributed by atoms with E-state index < -0.39 is 5.97 Å². The first-order chi connectivity index (χ1) is 10.1. The molecule has 21 heavy (non-hydrogen) atoms. The van der Waals surface area contributed by atoms with E-state index in [9.17, 15) is 4.79 Å². The highest BCUT2D eigenvalue weighted by Crippen LogP contribution is 2.25. The molecule has 0 aliphatic rings. The predicted octanol–water partition coefficient (Wildman–Crippen LogP) is 2.98. The minimum absolute atomic E-state index is 0.223. The molecule has 1 N–H and O–H groups in total. The van der Waals surface area contributed by atoms with Crippen LogP contribution >= 0.6 is 0 Å². The van der Waals surface area contributed by atoms with Gasteiger partial charge in [0, 0.05) is 5.56 Å². The van der Waals surface area contributed by atoms with Crippen LogP contribution in [0.15, 0.2) is 42.5 Å². The molecule has 2 aromatic carbocycles. The van der Waals surface area contributed by atoms with Gasteiger partial charge in [0.05, 0.1) is 19.8 Å². The molecule has 0 aliphatic heterocycles. The first-order valence-electron chi connectivity index (χ1n) is 6.31. The second kappa shape index (κ2) is 6.65. The quantitative estimate of drug-likeness (QED) is 0.885. The van der Waals surface area contributed by atoms with Crippen LogP contribution in [0.25, 0.3) is 0 Å². The Morgan fingerprint density at radius 1 is 1.00 bits per heavy atom. The minimum atomic E-state index is -0.962. The number of hydrogen-bond acceptors (Lipinski definition) is 4. The van der Waals surface area contributed by atoms with Gasteiger partial charge in [-0.05, 0) is 42.5 Å². The topological polar surface area (TPSA) is 65.0 Å². The largest absolute Gasteiger partial charge is 0.497 e. The van der Waals surface area contributed by atoms with Gasteiger partial charge in [-0.15, -0.1) is 0 Å². The molecule has 0 aromatic heterocycles. The minimum Gasteiger partial charge on any atom is -0.497 e. The normalized spacial score (nSPS) is 10.0. The maximum Gasteiger partial charge on any atom is 0.335 e. The maximum atomic E-state index is 10.8. The highest BCUT2D eigenvalue weighted by atomic mass is 16.5. The van der Waals surface area contributed by atoms with E-state index in [0.29, 0.717) is 18.1 Å². The Bertz CT molecular complexity index is 619. The molecule has 5 nitrogen and oxygen atoms in total. The van der Waals surface area contributed by atoms with Crippen LogP contribution in [0.2, 0.25) is 0 Å². The van der Waals surface area contributed by atoms with Crippen molar-refractivity contribution in [2.45, 2.75) is 6.61 Å². The molecule has 0 bridgehead atoms. The molecular weight excluding hydrogens is 272 g/mol. The van der Waals surface area contributed by atoms with Crippen molar-refractivity contribution in [3.63, 3.8) is 0 Å². The van der Waals surface area contributed by atoms with Crippen LogP contribution in [-0.2, 0) is 6.61 Å². The summed E-state index contributed by atoms with van der Waals surface area (Å²) in [6.07, 6.45) is 0. The molecule has 110 valence electrons. The standard InChI is InChI=1S/C16H16O5/c1-19-14-7-8-15(20-2)12(9-14)10-21-13-5-3-11(4-6-13)16(17)18/h3-9H,10H2,1-2H3,(H,17,18). The number of rotatable bonds is 6. The average Bonchev–Trinajstić information content (AvgIpc) is 2.52. The predicted molar refractivity (Wildman–Crippen MR) is 77.3 cm³/mol. The van der Waals surface area contributed by atoms with Gasteiger partial charge in [-0.1, -0.05) is 0 Å². The second-order valence-electron chi connectivity index (χ2n) is 4.30. The van der Waals surface area contributed by atoms with Crippen LogP contribution in [0.4, 0.5) is 0 Å². The van der Waals surface area contributed by atoms with Crippen LogP contribution < -0.4 is 14.2 Å². The van der Waals surface area contributed by atoms with Crippen LogP contribution in [0.5, 0.6) is 17.2 Å². The SMILES string of the molecule is COc1ccc(OC)c(COc2ccc(C(=O)O)cc2)c1. The van der Waals surface area contributed by atoms with E-state index in [2.05, 4.69) is 0 Å². The van der Waals surface area contributed by atoms with Gasteiger partial charge in [-0.3, -0.25) is 0 Å². The third kappa shape index (κ3) is 3.66. The summed E-state index contributed by atoms with van der Waals surface area (Å²) in [7, 11) is 3.18. The monoisotopic (exact) mass is 288 g/mol. The zero-order valence-corrected chi connectivity index (χ0v) is 11.8. The Morgan fingerprint density at radius 3 is 2.24 bits per heavy atom. The number of carboxylic acids is 1. The zero-order valence-electron chi connectivity index (χ0n) is 11.8. The van der Waals surface area contributed by atoms with Crippen molar-refractivity contribution in [2.75, 3.05) is 14.2 Å². The van der Waals surface area contributed by atoms with Crippen molar-refractivity contribution in [1.82, 2.24) is 0 Å². The molecule has 0 amide bonds.